The number of aliphatic hydroxyl groups is 1. The van der Waals surface area contributed by atoms with Gasteiger partial charge in [-0.2, -0.15) is 0 Å². The number of aliphatic hydroxyl groups excluding tert-OH is 1. The van der Waals surface area contributed by atoms with Crippen molar-refractivity contribution in [3.63, 3.8) is 0 Å². The van der Waals surface area contributed by atoms with Crippen LogP contribution < -0.4 is 11.5 Å². The van der Waals surface area contributed by atoms with Crippen LogP contribution in [0.25, 0.3) is 10.8 Å². The van der Waals surface area contributed by atoms with Crippen LogP contribution in [0.15, 0.2) is 47.5 Å². The average molecular weight is 229 g/mol. The predicted octanol–water partition coefficient (Wildman–Crippen LogP) is 1.15. The zero-order chi connectivity index (χ0) is 12.3. The van der Waals surface area contributed by atoms with Crippen molar-refractivity contribution in [2.75, 3.05) is 6.54 Å². The molecular formula is C13H15N3O. The summed E-state index contributed by atoms with van der Waals surface area (Å²) >= 11 is 0. The minimum absolute atomic E-state index is 0.00941. The molecule has 5 N–H and O–H groups in total. The minimum Gasteiger partial charge on any atom is -0.386 e. The smallest absolute Gasteiger partial charge is 0.186 e. The van der Waals surface area contributed by atoms with Gasteiger partial charge in [0, 0.05) is 0 Å². The van der Waals surface area contributed by atoms with E-state index in [0.717, 1.165) is 16.3 Å². The molecule has 0 radical (unpaired) electrons. The van der Waals surface area contributed by atoms with E-state index in [1.165, 1.54) is 0 Å². The summed E-state index contributed by atoms with van der Waals surface area (Å²) in [6.45, 7) is 0.181. The molecule has 0 saturated carbocycles. The minimum atomic E-state index is -0.679. The lowest BCUT2D eigenvalue weighted by molar-refractivity contribution is 0.187. The number of nitrogens with two attached hydrogens (primary N) is 2. The van der Waals surface area contributed by atoms with Gasteiger partial charge >= 0.3 is 0 Å². The lowest BCUT2D eigenvalue weighted by atomic mass is 10.0. The van der Waals surface area contributed by atoms with Crippen molar-refractivity contribution in [2.45, 2.75) is 6.10 Å². The number of guanidine groups is 1. The maximum atomic E-state index is 9.91. The van der Waals surface area contributed by atoms with Crippen molar-refractivity contribution >= 4 is 16.7 Å². The fourth-order valence-electron chi connectivity index (χ4n) is 1.71. The molecule has 2 aromatic carbocycles. The van der Waals surface area contributed by atoms with Crippen molar-refractivity contribution in [2.24, 2.45) is 16.5 Å². The van der Waals surface area contributed by atoms with E-state index in [-0.39, 0.29) is 12.5 Å². The predicted molar refractivity (Wildman–Crippen MR) is 69.6 cm³/mol. The largest absolute Gasteiger partial charge is 0.386 e. The molecule has 0 saturated heterocycles. The Morgan fingerprint density at radius 1 is 1.12 bits per heavy atom. The highest BCUT2D eigenvalue weighted by atomic mass is 16.3. The van der Waals surface area contributed by atoms with Gasteiger partial charge in [-0.3, -0.25) is 4.99 Å². The Labute approximate surface area is 99.6 Å². The van der Waals surface area contributed by atoms with Crippen LogP contribution in [0.5, 0.6) is 0 Å². The van der Waals surface area contributed by atoms with Gasteiger partial charge in [0.2, 0.25) is 0 Å². The monoisotopic (exact) mass is 229 g/mol. The summed E-state index contributed by atoms with van der Waals surface area (Å²) in [6, 6.07) is 13.8. The van der Waals surface area contributed by atoms with E-state index in [0.29, 0.717) is 0 Å². The van der Waals surface area contributed by atoms with Crippen LogP contribution in [-0.2, 0) is 0 Å². The normalized spacial score (nSPS) is 12.3. The number of benzene rings is 2. The molecule has 88 valence electrons. The Hall–Kier alpha value is -2.07. The van der Waals surface area contributed by atoms with Gasteiger partial charge in [-0.05, 0) is 22.4 Å². The van der Waals surface area contributed by atoms with Crippen molar-refractivity contribution in [3.8, 4) is 0 Å². The fourth-order valence-corrected chi connectivity index (χ4v) is 1.71. The summed E-state index contributed by atoms with van der Waals surface area (Å²) in [4.78, 5) is 3.80. The van der Waals surface area contributed by atoms with Crippen molar-refractivity contribution < 1.29 is 5.11 Å². The molecule has 4 nitrogen and oxygen atoms in total. The summed E-state index contributed by atoms with van der Waals surface area (Å²) in [5.41, 5.74) is 11.3. The number of nitrogens with zero attached hydrogens (tertiary/aromatic N) is 1. The van der Waals surface area contributed by atoms with Crippen LogP contribution in [0.3, 0.4) is 0 Å². The molecule has 0 heterocycles. The number of hydrogen-bond donors (Lipinski definition) is 3. The van der Waals surface area contributed by atoms with Crippen LogP contribution in [-0.4, -0.2) is 17.6 Å². The third kappa shape index (κ3) is 2.73. The zero-order valence-corrected chi connectivity index (χ0v) is 9.38. The Morgan fingerprint density at radius 3 is 2.53 bits per heavy atom. The second kappa shape index (κ2) is 4.84. The van der Waals surface area contributed by atoms with E-state index in [1.807, 2.05) is 42.5 Å². The summed E-state index contributed by atoms with van der Waals surface area (Å²) < 4.78 is 0. The highest BCUT2D eigenvalue weighted by molar-refractivity contribution is 5.83. The van der Waals surface area contributed by atoms with Gasteiger partial charge in [0.1, 0.15) is 0 Å². The molecular weight excluding hydrogens is 214 g/mol. The van der Waals surface area contributed by atoms with Gasteiger partial charge in [-0.1, -0.05) is 36.4 Å². The van der Waals surface area contributed by atoms with Crippen molar-refractivity contribution in [1.29, 1.82) is 0 Å². The van der Waals surface area contributed by atoms with Crippen molar-refractivity contribution in [1.82, 2.24) is 0 Å². The third-order valence-corrected chi connectivity index (χ3v) is 2.61. The van der Waals surface area contributed by atoms with E-state index in [9.17, 15) is 5.11 Å². The van der Waals surface area contributed by atoms with E-state index in [2.05, 4.69) is 4.99 Å². The Kier molecular flexibility index (Phi) is 3.25. The third-order valence-electron chi connectivity index (χ3n) is 2.61. The highest BCUT2D eigenvalue weighted by Crippen LogP contribution is 2.20. The van der Waals surface area contributed by atoms with Crippen LogP contribution in [0.4, 0.5) is 0 Å². The Morgan fingerprint density at radius 2 is 1.82 bits per heavy atom. The van der Waals surface area contributed by atoms with Crippen LogP contribution in [0, 0.1) is 0 Å². The van der Waals surface area contributed by atoms with Crippen molar-refractivity contribution in [3.05, 3.63) is 48.0 Å². The van der Waals surface area contributed by atoms with E-state index in [4.69, 9.17) is 11.5 Å². The fraction of sp³-hybridized carbons (Fsp3) is 0.154. The van der Waals surface area contributed by atoms with Crippen LogP contribution in [0.1, 0.15) is 11.7 Å². The van der Waals surface area contributed by atoms with Gasteiger partial charge in [0.25, 0.3) is 0 Å². The van der Waals surface area contributed by atoms with Crippen LogP contribution in [0.2, 0.25) is 0 Å². The first kappa shape index (κ1) is 11.4. The van der Waals surface area contributed by atoms with Crippen LogP contribution >= 0.6 is 0 Å². The standard InChI is InChI=1S/C13H15N3O/c14-13(15)16-8-12(17)11-6-5-9-3-1-2-4-10(9)7-11/h1-7,12,17H,8H2,(H4,14,15,16). The topological polar surface area (TPSA) is 84.6 Å². The molecule has 0 amide bonds. The molecule has 0 aliphatic heterocycles. The van der Waals surface area contributed by atoms with Gasteiger partial charge in [0.05, 0.1) is 12.6 Å². The summed E-state index contributed by atoms with van der Waals surface area (Å²) in [7, 11) is 0. The molecule has 1 unspecified atom stereocenters. The second-order valence-electron chi connectivity index (χ2n) is 3.89. The SMILES string of the molecule is NC(N)=NCC(O)c1ccc2ccccc2c1. The molecule has 0 bridgehead atoms. The summed E-state index contributed by atoms with van der Waals surface area (Å²) in [6.07, 6.45) is -0.679. The van der Waals surface area contributed by atoms with E-state index >= 15 is 0 Å². The Bertz CT molecular complexity index is 547. The maximum Gasteiger partial charge on any atom is 0.186 e. The molecule has 1 atom stereocenters. The lowest BCUT2D eigenvalue weighted by Crippen LogP contribution is -2.23. The number of rotatable bonds is 3. The summed E-state index contributed by atoms with van der Waals surface area (Å²) in [5, 5.41) is 12.1. The van der Waals surface area contributed by atoms with E-state index in [1.54, 1.807) is 0 Å². The number of hydrogen-bond acceptors (Lipinski definition) is 2. The zero-order valence-electron chi connectivity index (χ0n) is 9.38. The molecule has 0 spiro atoms. The first-order chi connectivity index (χ1) is 8.16. The molecule has 0 fully saturated rings. The van der Waals surface area contributed by atoms with Gasteiger partial charge in [-0.15, -0.1) is 0 Å². The average Bonchev–Trinajstić information content (AvgIpc) is 2.35. The molecule has 2 rings (SSSR count). The maximum absolute atomic E-state index is 9.91. The number of aliphatic imine (C=N–C) groups is 1. The molecule has 4 heteroatoms. The van der Waals surface area contributed by atoms with Gasteiger partial charge < -0.3 is 16.6 Å². The first-order valence-electron chi connectivity index (χ1n) is 5.39. The molecule has 0 aliphatic rings. The quantitative estimate of drug-likeness (QED) is 0.545. The molecule has 17 heavy (non-hydrogen) atoms. The first-order valence-corrected chi connectivity index (χ1v) is 5.39. The highest BCUT2D eigenvalue weighted by Gasteiger charge is 2.07. The molecule has 2 aromatic rings. The lowest BCUT2D eigenvalue weighted by Gasteiger charge is -2.09. The second-order valence-corrected chi connectivity index (χ2v) is 3.89. The Balaban J connectivity index is 2.26. The number of fused-ring (bicyclic) bond motifs is 1. The van der Waals surface area contributed by atoms with Gasteiger partial charge in [-0.25, -0.2) is 0 Å². The molecule has 0 aromatic heterocycles. The van der Waals surface area contributed by atoms with Gasteiger partial charge in [0.15, 0.2) is 5.96 Å². The van der Waals surface area contributed by atoms with E-state index < -0.39 is 6.10 Å². The summed E-state index contributed by atoms with van der Waals surface area (Å²) in [5.74, 6) is -0.00941. The molecule has 0 aliphatic carbocycles.